The first kappa shape index (κ1) is 15.3. The van der Waals surface area contributed by atoms with E-state index in [-0.39, 0.29) is 6.10 Å². The predicted molar refractivity (Wildman–Crippen MR) is 82.0 cm³/mol. The molecule has 1 aromatic carbocycles. The molecule has 0 saturated heterocycles. The van der Waals surface area contributed by atoms with Gasteiger partial charge in [-0.1, -0.05) is 0 Å². The Balaban J connectivity index is 2.06. The lowest BCUT2D eigenvalue weighted by Gasteiger charge is -2.13. The maximum Gasteiger partial charge on any atom is 0.124 e. The quantitative estimate of drug-likeness (QED) is 0.781. The molecule has 2 atom stereocenters. The fourth-order valence-electron chi connectivity index (χ4n) is 2.35. The Kier molecular flexibility index (Phi) is 5.43. The third kappa shape index (κ3) is 3.96. The van der Waals surface area contributed by atoms with Crippen molar-refractivity contribution in [2.24, 2.45) is 0 Å². The van der Waals surface area contributed by atoms with E-state index in [1.54, 1.807) is 6.26 Å². The summed E-state index contributed by atoms with van der Waals surface area (Å²) in [7, 11) is -0.755. The summed E-state index contributed by atoms with van der Waals surface area (Å²) >= 11 is 0. The van der Waals surface area contributed by atoms with Crippen molar-refractivity contribution in [2.45, 2.75) is 32.9 Å². The van der Waals surface area contributed by atoms with Gasteiger partial charge in [0.25, 0.3) is 0 Å². The van der Waals surface area contributed by atoms with Crippen LogP contribution in [0.1, 0.15) is 25.0 Å². The second-order valence-corrected chi connectivity index (χ2v) is 6.64. The van der Waals surface area contributed by atoms with E-state index >= 15 is 0 Å². The summed E-state index contributed by atoms with van der Waals surface area (Å²) in [6.07, 6.45) is 2.90. The van der Waals surface area contributed by atoms with Crippen LogP contribution in [-0.2, 0) is 23.8 Å². The molecule has 20 heavy (non-hydrogen) atoms. The summed E-state index contributed by atoms with van der Waals surface area (Å²) in [5.41, 5.74) is 2.32. The van der Waals surface area contributed by atoms with E-state index in [0.717, 1.165) is 30.0 Å². The van der Waals surface area contributed by atoms with Gasteiger partial charge in [-0.15, -0.1) is 0 Å². The number of hydrogen-bond acceptors (Lipinski definition) is 4. The van der Waals surface area contributed by atoms with E-state index in [9.17, 15) is 4.21 Å². The lowest BCUT2D eigenvalue weighted by Crippen LogP contribution is -2.20. The maximum absolute atomic E-state index is 11.0. The van der Waals surface area contributed by atoms with Crippen molar-refractivity contribution >= 4 is 10.8 Å². The number of ether oxygens (including phenoxy) is 2. The Bertz CT molecular complexity index is 490. The van der Waals surface area contributed by atoms with E-state index < -0.39 is 10.8 Å². The Morgan fingerprint density at radius 3 is 3.00 bits per heavy atom. The molecular formula is C15H23NO3S. The monoisotopic (exact) mass is 297 g/mol. The Labute approximate surface area is 123 Å². The van der Waals surface area contributed by atoms with E-state index in [1.165, 1.54) is 5.56 Å². The fraction of sp³-hybridized carbons (Fsp3) is 0.600. The molecule has 0 fully saturated rings. The number of benzene rings is 1. The third-order valence-corrected chi connectivity index (χ3v) is 4.04. The van der Waals surface area contributed by atoms with Gasteiger partial charge in [0.1, 0.15) is 17.6 Å². The molecule has 1 aromatic rings. The average molecular weight is 297 g/mol. The second-order valence-electron chi connectivity index (χ2n) is 5.09. The molecule has 0 spiro atoms. The van der Waals surface area contributed by atoms with Gasteiger partial charge in [-0.2, -0.15) is 0 Å². The first-order valence-corrected chi connectivity index (χ1v) is 8.79. The van der Waals surface area contributed by atoms with Crippen LogP contribution in [0.25, 0.3) is 0 Å². The Hall–Kier alpha value is -1.07. The number of fused-ring (bicyclic) bond motifs is 1. The van der Waals surface area contributed by atoms with Crippen molar-refractivity contribution in [3.8, 4) is 11.5 Å². The molecule has 4 nitrogen and oxygen atoms in total. The highest BCUT2D eigenvalue weighted by Crippen LogP contribution is 2.35. The zero-order valence-corrected chi connectivity index (χ0v) is 13.2. The SMILES string of the molecule is CCOc1cc2c(cc1CNCCS(C)=O)OC(C)C2. The van der Waals surface area contributed by atoms with Crippen molar-refractivity contribution in [3.63, 3.8) is 0 Å². The minimum Gasteiger partial charge on any atom is -0.494 e. The van der Waals surface area contributed by atoms with Gasteiger partial charge in [0.05, 0.1) is 6.61 Å². The first-order valence-electron chi connectivity index (χ1n) is 7.06. The van der Waals surface area contributed by atoms with Gasteiger partial charge >= 0.3 is 0 Å². The molecular weight excluding hydrogens is 274 g/mol. The molecule has 5 heteroatoms. The van der Waals surface area contributed by atoms with Crippen LogP contribution in [0.2, 0.25) is 0 Å². The van der Waals surface area contributed by atoms with Crippen molar-refractivity contribution in [1.82, 2.24) is 5.32 Å². The van der Waals surface area contributed by atoms with Gasteiger partial charge in [-0.05, 0) is 26.0 Å². The van der Waals surface area contributed by atoms with Gasteiger partial charge in [0, 0.05) is 53.4 Å². The molecule has 1 N–H and O–H groups in total. The molecule has 1 heterocycles. The molecule has 2 rings (SSSR count). The highest BCUT2D eigenvalue weighted by atomic mass is 32.2. The van der Waals surface area contributed by atoms with Gasteiger partial charge < -0.3 is 14.8 Å². The second kappa shape index (κ2) is 7.09. The van der Waals surface area contributed by atoms with Gasteiger partial charge in [-0.3, -0.25) is 4.21 Å². The van der Waals surface area contributed by atoms with Crippen molar-refractivity contribution in [2.75, 3.05) is 25.2 Å². The van der Waals surface area contributed by atoms with E-state index in [1.807, 2.05) is 6.92 Å². The van der Waals surface area contributed by atoms with Crippen LogP contribution < -0.4 is 14.8 Å². The van der Waals surface area contributed by atoms with Gasteiger partial charge in [0.15, 0.2) is 0 Å². The summed E-state index contributed by atoms with van der Waals surface area (Å²) in [5, 5.41) is 3.31. The van der Waals surface area contributed by atoms with Crippen LogP contribution in [-0.4, -0.2) is 35.5 Å². The fourth-order valence-corrected chi connectivity index (χ4v) is 2.78. The predicted octanol–water partition coefficient (Wildman–Crippen LogP) is 1.88. The minimum atomic E-state index is -0.755. The molecule has 0 aliphatic carbocycles. The smallest absolute Gasteiger partial charge is 0.124 e. The zero-order chi connectivity index (χ0) is 14.5. The first-order chi connectivity index (χ1) is 9.60. The highest BCUT2D eigenvalue weighted by molar-refractivity contribution is 7.84. The van der Waals surface area contributed by atoms with E-state index in [0.29, 0.717) is 18.9 Å². The average Bonchev–Trinajstić information content (AvgIpc) is 2.74. The lowest BCUT2D eigenvalue weighted by atomic mass is 10.1. The molecule has 0 radical (unpaired) electrons. The zero-order valence-electron chi connectivity index (χ0n) is 12.4. The molecule has 112 valence electrons. The van der Waals surface area contributed by atoms with Crippen LogP contribution >= 0.6 is 0 Å². The van der Waals surface area contributed by atoms with Crippen LogP contribution in [0, 0.1) is 0 Å². The summed E-state index contributed by atoms with van der Waals surface area (Å²) in [6.45, 7) is 6.17. The molecule has 0 amide bonds. The molecule has 0 bridgehead atoms. The molecule has 1 aliphatic heterocycles. The summed E-state index contributed by atoms with van der Waals surface area (Å²) in [4.78, 5) is 0. The Morgan fingerprint density at radius 2 is 2.30 bits per heavy atom. The highest BCUT2D eigenvalue weighted by Gasteiger charge is 2.21. The molecule has 1 aliphatic rings. The molecule has 2 unspecified atom stereocenters. The summed E-state index contributed by atoms with van der Waals surface area (Å²) < 4.78 is 22.6. The largest absolute Gasteiger partial charge is 0.494 e. The number of rotatable bonds is 7. The van der Waals surface area contributed by atoms with Crippen LogP contribution in [0.15, 0.2) is 12.1 Å². The van der Waals surface area contributed by atoms with Crippen LogP contribution in [0.4, 0.5) is 0 Å². The summed E-state index contributed by atoms with van der Waals surface area (Å²) in [5.74, 6) is 2.56. The minimum absolute atomic E-state index is 0.241. The topological polar surface area (TPSA) is 47.6 Å². The molecule has 0 aromatic heterocycles. The van der Waals surface area contributed by atoms with Gasteiger partial charge in [0.2, 0.25) is 0 Å². The Morgan fingerprint density at radius 1 is 1.50 bits per heavy atom. The maximum atomic E-state index is 11.0. The van der Waals surface area contributed by atoms with E-state index in [4.69, 9.17) is 9.47 Å². The number of hydrogen-bond donors (Lipinski definition) is 1. The van der Waals surface area contributed by atoms with Crippen molar-refractivity contribution < 1.29 is 13.7 Å². The standard InChI is InChI=1S/C15H23NO3S/c1-4-18-14-8-12-7-11(2)19-15(12)9-13(14)10-16-5-6-20(3)17/h8-9,11,16H,4-7,10H2,1-3H3. The normalized spacial score (nSPS) is 18.4. The van der Waals surface area contributed by atoms with Crippen LogP contribution in [0.3, 0.4) is 0 Å². The third-order valence-electron chi connectivity index (χ3n) is 3.26. The van der Waals surface area contributed by atoms with Gasteiger partial charge in [-0.25, -0.2) is 0 Å². The number of nitrogens with one attached hydrogen (secondary N) is 1. The van der Waals surface area contributed by atoms with Crippen LogP contribution in [0.5, 0.6) is 11.5 Å². The molecule has 0 saturated carbocycles. The van der Waals surface area contributed by atoms with E-state index in [2.05, 4.69) is 24.4 Å². The van der Waals surface area contributed by atoms with Crippen molar-refractivity contribution in [3.05, 3.63) is 23.3 Å². The summed E-state index contributed by atoms with van der Waals surface area (Å²) in [6, 6.07) is 4.16. The van der Waals surface area contributed by atoms with Crippen molar-refractivity contribution in [1.29, 1.82) is 0 Å². The lowest BCUT2D eigenvalue weighted by molar-refractivity contribution is 0.254.